The number of phenols is 1. The molecule has 0 aliphatic rings. The smallest absolute Gasteiger partial charge is 0.407 e. The van der Waals surface area contributed by atoms with Gasteiger partial charge in [-0.3, -0.25) is 0 Å². The lowest BCUT2D eigenvalue weighted by atomic mass is 10.1. The van der Waals surface area contributed by atoms with E-state index in [1.165, 1.54) is 0 Å². The number of hydrogen-bond acceptors (Lipinski definition) is 4. The van der Waals surface area contributed by atoms with Crippen molar-refractivity contribution in [2.45, 2.75) is 6.42 Å². The highest BCUT2D eigenvalue weighted by molar-refractivity contribution is 5.67. The minimum Gasteiger partial charge on any atom is -0.508 e. The molecule has 0 saturated carbocycles. The highest BCUT2D eigenvalue weighted by atomic mass is 16.6. The number of aliphatic hydroxyl groups excluding tert-OH is 1. The number of aromatic hydroxyl groups is 1. The third-order valence-electron chi connectivity index (χ3n) is 1.94. The number of alkyl carbamates (subject to hydrolysis) is 1. The second-order valence-electron chi connectivity index (χ2n) is 3.20. The molecule has 1 rings (SSSR count). The van der Waals surface area contributed by atoms with Crippen LogP contribution >= 0.6 is 0 Å². The number of nitrogens with one attached hydrogen (secondary N) is 1. The average molecular weight is 225 g/mol. The first-order chi connectivity index (χ1) is 7.72. The third kappa shape index (κ3) is 4.65. The molecule has 0 heterocycles. The molecule has 0 spiro atoms. The molecule has 5 nitrogen and oxygen atoms in total. The van der Waals surface area contributed by atoms with E-state index in [1.807, 2.05) is 0 Å². The zero-order valence-electron chi connectivity index (χ0n) is 8.85. The Kier molecular flexibility index (Phi) is 5.15. The molecule has 0 fully saturated rings. The summed E-state index contributed by atoms with van der Waals surface area (Å²) in [7, 11) is 0. The van der Waals surface area contributed by atoms with E-state index in [0.717, 1.165) is 5.56 Å². The van der Waals surface area contributed by atoms with Crippen LogP contribution in [0.2, 0.25) is 0 Å². The molecule has 5 heteroatoms. The van der Waals surface area contributed by atoms with Crippen molar-refractivity contribution in [3.63, 3.8) is 0 Å². The van der Waals surface area contributed by atoms with E-state index in [1.54, 1.807) is 24.3 Å². The summed E-state index contributed by atoms with van der Waals surface area (Å²) in [5.74, 6) is 0.221. The number of hydrogen-bond donors (Lipinski definition) is 3. The Morgan fingerprint density at radius 1 is 1.31 bits per heavy atom. The minimum absolute atomic E-state index is 0.00500. The van der Waals surface area contributed by atoms with Crippen LogP contribution in [0.4, 0.5) is 4.79 Å². The third-order valence-corrected chi connectivity index (χ3v) is 1.94. The second-order valence-corrected chi connectivity index (χ2v) is 3.20. The van der Waals surface area contributed by atoms with Gasteiger partial charge in [0.25, 0.3) is 0 Å². The van der Waals surface area contributed by atoms with Gasteiger partial charge in [0, 0.05) is 6.54 Å². The topological polar surface area (TPSA) is 78.8 Å². The van der Waals surface area contributed by atoms with Crippen LogP contribution in [0.3, 0.4) is 0 Å². The zero-order valence-corrected chi connectivity index (χ0v) is 8.85. The molecule has 0 aliphatic carbocycles. The number of ether oxygens (including phenoxy) is 1. The lowest BCUT2D eigenvalue weighted by molar-refractivity contribution is 0.119. The molecular weight excluding hydrogens is 210 g/mol. The van der Waals surface area contributed by atoms with Gasteiger partial charge in [0.15, 0.2) is 0 Å². The summed E-state index contributed by atoms with van der Waals surface area (Å²) >= 11 is 0. The summed E-state index contributed by atoms with van der Waals surface area (Å²) in [6.45, 7) is 0.283. The van der Waals surface area contributed by atoms with E-state index in [9.17, 15) is 4.79 Å². The molecule has 1 aromatic rings. The van der Waals surface area contributed by atoms with Crippen LogP contribution in [-0.4, -0.2) is 36.1 Å². The van der Waals surface area contributed by atoms with E-state index >= 15 is 0 Å². The molecule has 0 bridgehead atoms. The number of benzene rings is 1. The molecule has 16 heavy (non-hydrogen) atoms. The molecule has 0 saturated heterocycles. The van der Waals surface area contributed by atoms with Gasteiger partial charge >= 0.3 is 6.09 Å². The van der Waals surface area contributed by atoms with Crippen molar-refractivity contribution in [3.05, 3.63) is 29.8 Å². The highest BCUT2D eigenvalue weighted by Gasteiger charge is 2.00. The zero-order chi connectivity index (χ0) is 11.8. The Balaban J connectivity index is 2.20. The molecule has 0 radical (unpaired) electrons. The van der Waals surface area contributed by atoms with E-state index in [0.29, 0.717) is 13.0 Å². The fraction of sp³-hybridized carbons (Fsp3) is 0.364. The van der Waals surface area contributed by atoms with Gasteiger partial charge in [0.05, 0.1) is 6.61 Å². The molecule has 1 aromatic carbocycles. The summed E-state index contributed by atoms with van der Waals surface area (Å²) in [6, 6.07) is 6.77. The summed E-state index contributed by atoms with van der Waals surface area (Å²) < 4.78 is 4.61. The van der Waals surface area contributed by atoms with E-state index < -0.39 is 6.09 Å². The minimum atomic E-state index is -0.534. The molecule has 0 unspecified atom stereocenters. The van der Waals surface area contributed by atoms with Crippen LogP contribution in [0.1, 0.15) is 5.56 Å². The number of rotatable bonds is 5. The summed E-state index contributed by atoms with van der Waals surface area (Å²) in [6.07, 6.45) is 0.127. The Labute approximate surface area is 93.7 Å². The molecular formula is C11H15NO4. The van der Waals surface area contributed by atoms with Gasteiger partial charge in [0.2, 0.25) is 0 Å². The van der Waals surface area contributed by atoms with E-state index in [2.05, 4.69) is 10.1 Å². The summed E-state index contributed by atoms with van der Waals surface area (Å²) in [5, 5.41) is 20.0. The van der Waals surface area contributed by atoms with Gasteiger partial charge in [-0.15, -0.1) is 0 Å². The van der Waals surface area contributed by atoms with Crippen LogP contribution < -0.4 is 5.32 Å². The van der Waals surface area contributed by atoms with E-state index in [4.69, 9.17) is 10.2 Å². The first-order valence-corrected chi connectivity index (χ1v) is 5.02. The Morgan fingerprint density at radius 3 is 2.62 bits per heavy atom. The van der Waals surface area contributed by atoms with Crippen molar-refractivity contribution in [2.24, 2.45) is 0 Å². The molecule has 3 N–H and O–H groups in total. The number of amides is 1. The molecule has 88 valence electrons. The van der Waals surface area contributed by atoms with Crippen LogP contribution in [0.25, 0.3) is 0 Å². The van der Waals surface area contributed by atoms with Gasteiger partial charge in [-0.2, -0.15) is 0 Å². The van der Waals surface area contributed by atoms with Gasteiger partial charge in [0.1, 0.15) is 12.4 Å². The van der Waals surface area contributed by atoms with Crippen LogP contribution in [0.5, 0.6) is 5.75 Å². The quantitative estimate of drug-likeness (QED) is 0.687. The van der Waals surface area contributed by atoms with Crippen LogP contribution in [-0.2, 0) is 11.2 Å². The van der Waals surface area contributed by atoms with Crippen molar-refractivity contribution in [3.8, 4) is 5.75 Å². The fourth-order valence-electron chi connectivity index (χ4n) is 1.16. The monoisotopic (exact) mass is 225 g/mol. The van der Waals surface area contributed by atoms with Gasteiger partial charge < -0.3 is 20.3 Å². The van der Waals surface area contributed by atoms with Gasteiger partial charge in [-0.25, -0.2) is 4.79 Å². The standard InChI is InChI=1S/C11H15NO4/c13-7-8-16-11(15)12-6-5-9-1-3-10(14)4-2-9/h1-4,13-14H,5-8H2,(H,12,15). The first-order valence-electron chi connectivity index (χ1n) is 5.02. The van der Waals surface area contributed by atoms with E-state index in [-0.39, 0.29) is 19.0 Å². The number of aliphatic hydroxyl groups is 1. The number of carbonyl (C=O) groups is 1. The summed E-state index contributed by atoms with van der Waals surface area (Å²) in [5.41, 5.74) is 1.01. The second kappa shape index (κ2) is 6.68. The maximum Gasteiger partial charge on any atom is 0.407 e. The average Bonchev–Trinajstić information content (AvgIpc) is 2.29. The normalized spacial score (nSPS) is 9.81. The van der Waals surface area contributed by atoms with Crippen molar-refractivity contribution in [2.75, 3.05) is 19.8 Å². The van der Waals surface area contributed by atoms with Gasteiger partial charge in [-0.1, -0.05) is 12.1 Å². The molecule has 0 atom stereocenters. The largest absolute Gasteiger partial charge is 0.508 e. The lowest BCUT2D eigenvalue weighted by Gasteiger charge is -2.05. The Morgan fingerprint density at radius 2 is 2.00 bits per heavy atom. The van der Waals surface area contributed by atoms with Crippen LogP contribution in [0.15, 0.2) is 24.3 Å². The van der Waals surface area contributed by atoms with Crippen molar-refractivity contribution in [1.82, 2.24) is 5.32 Å². The number of phenolic OH excluding ortho intramolecular Hbond substituents is 1. The van der Waals surface area contributed by atoms with Gasteiger partial charge in [-0.05, 0) is 24.1 Å². The summed E-state index contributed by atoms with van der Waals surface area (Å²) in [4.78, 5) is 11.0. The predicted molar refractivity (Wildman–Crippen MR) is 58.2 cm³/mol. The molecule has 0 aliphatic heterocycles. The predicted octanol–water partition coefficient (Wildman–Crippen LogP) is 0.653. The first kappa shape index (κ1) is 12.3. The maximum atomic E-state index is 11.0. The van der Waals surface area contributed by atoms with Crippen molar-refractivity contribution >= 4 is 6.09 Å². The van der Waals surface area contributed by atoms with Crippen molar-refractivity contribution in [1.29, 1.82) is 0 Å². The van der Waals surface area contributed by atoms with Crippen molar-refractivity contribution < 1.29 is 19.7 Å². The fourth-order valence-corrected chi connectivity index (χ4v) is 1.16. The molecule has 0 aromatic heterocycles. The Bertz CT molecular complexity index is 323. The maximum absolute atomic E-state index is 11.0. The Hall–Kier alpha value is -1.75. The SMILES string of the molecule is O=C(NCCc1ccc(O)cc1)OCCO. The lowest BCUT2D eigenvalue weighted by Crippen LogP contribution is -2.27. The molecule has 1 amide bonds. The number of carbonyl (C=O) groups excluding carboxylic acids is 1. The highest BCUT2D eigenvalue weighted by Crippen LogP contribution is 2.09. The van der Waals surface area contributed by atoms with Crippen LogP contribution in [0, 0.1) is 0 Å².